The van der Waals surface area contributed by atoms with Crippen LogP contribution in [0.4, 0.5) is 0 Å². The van der Waals surface area contributed by atoms with E-state index in [4.69, 9.17) is 4.74 Å². The van der Waals surface area contributed by atoms with Crippen molar-refractivity contribution in [3.63, 3.8) is 0 Å². The molecule has 3 amide bonds. The number of hydrogen-bond donors (Lipinski definition) is 4. The third-order valence-corrected chi connectivity index (χ3v) is 6.94. The first-order valence-corrected chi connectivity index (χ1v) is 13.5. The Morgan fingerprint density at radius 2 is 1.67 bits per heavy atom. The number of nitrogens with one attached hydrogen (secondary N) is 3. The van der Waals surface area contributed by atoms with Gasteiger partial charge in [-0.1, -0.05) is 70.2 Å². The Morgan fingerprint density at radius 3 is 2.23 bits per heavy atom. The molecule has 2 aliphatic heterocycles. The summed E-state index contributed by atoms with van der Waals surface area (Å²) < 4.78 is 6.30. The number of aliphatic hydroxyl groups excluding tert-OH is 1. The van der Waals surface area contributed by atoms with Gasteiger partial charge in [-0.15, -0.1) is 0 Å². The Hall–Kier alpha value is -3.43. The second-order valence-corrected chi connectivity index (χ2v) is 11.0. The van der Waals surface area contributed by atoms with E-state index in [0.717, 1.165) is 5.56 Å². The Bertz CT molecular complexity index is 1100. The molecule has 0 aromatic heterocycles. The summed E-state index contributed by atoms with van der Waals surface area (Å²) in [5.74, 6) is -0.915. The van der Waals surface area contributed by atoms with Crippen LogP contribution in [0.3, 0.4) is 0 Å². The molecule has 2 heterocycles. The summed E-state index contributed by atoms with van der Waals surface area (Å²) in [6.07, 6.45) is -1.42. The van der Waals surface area contributed by atoms with Crippen LogP contribution < -0.4 is 20.7 Å². The Morgan fingerprint density at radius 1 is 1.03 bits per heavy atom. The standard InChI is InChI=1S/C30H42N4O5/c1-18(2)26(34(5)6)30(38)33-25-27(19(3)4)39-22-14-12-21(13-15-22)24(35)17-31-28(36)23(32-29(25)37)16-20-10-8-7-9-11-20/h7-15,18-19,23-27,35H,16-17H2,1-6H3,(H,31,36)(H,32,37)(H,33,38)/t23-,24+,25+,26+,27+/m1/s1. The van der Waals surface area contributed by atoms with Crippen molar-refractivity contribution in [1.82, 2.24) is 20.9 Å². The van der Waals surface area contributed by atoms with Gasteiger partial charge in [0.05, 0.1) is 12.1 Å². The molecule has 2 bridgehead atoms. The van der Waals surface area contributed by atoms with Crippen molar-refractivity contribution < 1.29 is 24.2 Å². The minimum atomic E-state index is -1.07. The number of aliphatic hydroxyl groups is 1. The number of amides is 3. The summed E-state index contributed by atoms with van der Waals surface area (Å²) in [5.41, 5.74) is 1.49. The smallest absolute Gasteiger partial charge is 0.247 e. The summed E-state index contributed by atoms with van der Waals surface area (Å²) in [6, 6.07) is 13.8. The molecule has 0 saturated carbocycles. The lowest BCUT2D eigenvalue weighted by atomic mass is 9.95. The van der Waals surface area contributed by atoms with Crippen LogP contribution in [-0.4, -0.2) is 72.6 Å². The van der Waals surface area contributed by atoms with Crippen LogP contribution in [0.1, 0.15) is 44.9 Å². The molecule has 2 aromatic carbocycles. The highest BCUT2D eigenvalue weighted by Crippen LogP contribution is 2.23. The summed E-state index contributed by atoms with van der Waals surface area (Å²) in [6.45, 7) is 7.71. The minimum Gasteiger partial charge on any atom is -0.487 e. The average Bonchev–Trinajstić information content (AvgIpc) is 2.88. The van der Waals surface area contributed by atoms with Crippen LogP contribution >= 0.6 is 0 Å². The quantitative estimate of drug-likeness (QED) is 0.428. The van der Waals surface area contributed by atoms with Gasteiger partial charge in [-0.05, 0) is 49.2 Å². The third kappa shape index (κ3) is 8.03. The van der Waals surface area contributed by atoms with E-state index in [1.54, 1.807) is 24.3 Å². The fraction of sp³-hybridized carbons (Fsp3) is 0.500. The zero-order chi connectivity index (χ0) is 28.7. The van der Waals surface area contributed by atoms with Gasteiger partial charge in [-0.25, -0.2) is 0 Å². The third-order valence-electron chi connectivity index (χ3n) is 6.94. The molecule has 4 N–H and O–H groups in total. The molecule has 212 valence electrons. The van der Waals surface area contributed by atoms with Gasteiger partial charge >= 0.3 is 0 Å². The second-order valence-electron chi connectivity index (χ2n) is 11.0. The van der Waals surface area contributed by atoms with E-state index in [-0.39, 0.29) is 30.7 Å². The van der Waals surface area contributed by atoms with E-state index in [1.165, 1.54) is 0 Å². The molecule has 2 aromatic rings. The van der Waals surface area contributed by atoms with E-state index in [9.17, 15) is 19.5 Å². The fourth-order valence-corrected chi connectivity index (χ4v) is 4.94. The van der Waals surface area contributed by atoms with E-state index >= 15 is 0 Å². The molecule has 0 radical (unpaired) electrons. The van der Waals surface area contributed by atoms with Crippen LogP contribution in [0, 0.1) is 11.8 Å². The average molecular weight is 539 g/mol. The van der Waals surface area contributed by atoms with Gasteiger partial charge < -0.3 is 25.8 Å². The number of carbonyl (C=O) groups excluding carboxylic acids is 3. The highest BCUT2D eigenvalue weighted by Gasteiger charge is 2.38. The van der Waals surface area contributed by atoms with Gasteiger partial charge in [-0.2, -0.15) is 0 Å². The zero-order valence-electron chi connectivity index (χ0n) is 23.7. The molecule has 9 heteroatoms. The first-order chi connectivity index (χ1) is 18.5. The molecule has 5 atom stereocenters. The van der Waals surface area contributed by atoms with E-state index < -0.39 is 42.1 Å². The minimum absolute atomic E-state index is 0.00410. The van der Waals surface area contributed by atoms with Crippen LogP contribution in [0.15, 0.2) is 54.6 Å². The van der Waals surface area contributed by atoms with E-state index in [1.807, 2.05) is 77.0 Å². The largest absolute Gasteiger partial charge is 0.487 e. The summed E-state index contributed by atoms with van der Waals surface area (Å²) in [7, 11) is 3.65. The first kappa shape index (κ1) is 30.1. The number of benzene rings is 2. The molecular formula is C30H42N4O5. The molecule has 2 aliphatic rings. The van der Waals surface area contributed by atoms with Gasteiger partial charge in [-0.3, -0.25) is 19.3 Å². The monoisotopic (exact) mass is 538 g/mol. The van der Waals surface area contributed by atoms with Gasteiger partial charge in [0.1, 0.15) is 23.9 Å². The van der Waals surface area contributed by atoms with Crippen molar-refractivity contribution in [2.75, 3.05) is 20.6 Å². The maximum Gasteiger partial charge on any atom is 0.247 e. The van der Waals surface area contributed by atoms with E-state index in [0.29, 0.717) is 11.3 Å². The summed E-state index contributed by atoms with van der Waals surface area (Å²) >= 11 is 0. The van der Waals surface area contributed by atoms with Crippen LogP contribution in [0.25, 0.3) is 0 Å². The highest BCUT2D eigenvalue weighted by atomic mass is 16.5. The van der Waals surface area contributed by atoms with E-state index in [2.05, 4.69) is 16.0 Å². The molecule has 4 rings (SSSR count). The van der Waals surface area contributed by atoms with Crippen molar-refractivity contribution in [1.29, 1.82) is 0 Å². The van der Waals surface area contributed by atoms with Crippen LogP contribution in [0.5, 0.6) is 5.75 Å². The lowest BCUT2D eigenvalue weighted by Gasteiger charge is -2.34. The van der Waals surface area contributed by atoms with Crippen molar-refractivity contribution >= 4 is 17.7 Å². The molecule has 39 heavy (non-hydrogen) atoms. The van der Waals surface area contributed by atoms with Crippen LogP contribution in [0.2, 0.25) is 0 Å². The lowest BCUT2D eigenvalue weighted by molar-refractivity contribution is -0.136. The molecule has 0 aliphatic carbocycles. The number of nitrogens with zero attached hydrogens (tertiary/aromatic N) is 1. The molecular weight excluding hydrogens is 496 g/mol. The van der Waals surface area contributed by atoms with Gasteiger partial charge in [0, 0.05) is 13.0 Å². The fourth-order valence-electron chi connectivity index (χ4n) is 4.94. The van der Waals surface area contributed by atoms with Crippen molar-refractivity contribution in [3.8, 4) is 5.75 Å². The number of fused-ring (bicyclic) bond motifs is 11. The van der Waals surface area contributed by atoms with Gasteiger partial charge in [0.25, 0.3) is 0 Å². The van der Waals surface area contributed by atoms with Crippen molar-refractivity contribution in [3.05, 3.63) is 65.7 Å². The Balaban J connectivity index is 2.03. The maximum absolute atomic E-state index is 13.9. The predicted octanol–water partition coefficient (Wildman–Crippen LogP) is 2.05. The topological polar surface area (TPSA) is 120 Å². The summed E-state index contributed by atoms with van der Waals surface area (Å²) in [5, 5.41) is 19.2. The van der Waals surface area contributed by atoms with Crippen molar-refractivity contribution in [2.24, 2.45) is 11.8 Å². The predicted molar refractivity (Wildman–Crippen MR) is 150 cm³/mol. The number of rotatable bonds is 7. The molecule has 0 spiro atoms. The maximum atomic E-state index is 13.9. The number of ether oxygens (including phenoxy) is 1. The van der Waals surface area contributed by atoms with Crippen molar-refractivity contribution in [2.45, 2.75) is 64.4 Å². The molecule has 0 fully saturated rings. The first-order valence-electron chi connectivity index (χ1n) is 13.5. The SMILES string of the molecule is CC(C)[C@@H](C(=O)N[C@@H]1C(=O)N[C@H](Cc2ccccc2)C(=O)NC[C@H](O)c2ccc(cc2)O[C@H]1C(C)C)N(C)C. The molecule has 0 saturated heterocycles. The van der Waals surface area contributed by atoms with Crippen LogP contribution in [-0.2, 0) is 20.8 Å². The lowest BCUT2D eigenvalue weighted by Crippen LogP contribution is -2.62. The number of carbonyl (C=O) groups is 3. The van der Waals surface area contributed by atoms with Gasteiger partial charge in [0.15, 0.2) is 0 Å². The normalized spacial score (nSPS) is 23.1. The van der Waals surface area contributed by atoms with Gasteiger partial charge in [0.2, 0.25) is 17.7 Å². The molecule has 9 nitrogen and oxygen atoms in total. The number of hydrogen-bond acceptors (Lipinski definition) is 6. The number of likely N-dealkylation sites (N-methyl/N-ethyl adjacent to an activating group) is 1. The summed E-state index contributed by atoms with van der Waals surface area (Å²) in [4.78, 5) is 42.5. The second kappa shape index (κ2) is 13.6. The molecule has 0 unspecified atom stereocenters. The Labute approximate surface area is 231 Å². The highest BCUT2D eigenvalue weighted by molar-refractivity contribution is 5.93. The Kier molecular flexibility index (Phi) is 10.5. The zero-order valence-corrected chi connectivity index (χ0v) is 23.7.